The number of aromatic amines is 1. The zero-order valence-electron chi connectivity index (χ0n) is 6.96. The molecule has 0 saturated carbocycles. The number of carbonyl (C=O) groups is 1. The van der Waals surface area contributed by atoms with E-state index in [1.165, 1.54) is 6.07 Å². The van der Waals surface area contributed by atoms with Crippen LogP contribution in [0.25, 0.3) is 0 Å². The topological polar surface area (TPSA) is 64.1 Å². The fourth-order valence-corrected chi connectivity index (χ4v) is 0.837. The number of ether oxygens (including phenoxy) is 1. The minimum absolute atomic E-state index is 0.253. The van der Waals surface area contributed by atoms with Crippen LogP contribution in [0, 0.1) is 6.92 Å². The van der Waals surface area contributed by atoms with E-state index in [4.69, 9.17) is 0 Å². The third-order valence-corrected chi connectivity index (χ3v) is 1.30. The summed E-state index contributed by atoms with van der Waals surface area (Å²) in [6.45, 7) is 3.62. The van der Waals surface area contributed by atoms with Crippen LogP contribution in [0.5, 0.6) is 0 Å². The molecule has 1 heterocycles. The molecule has 0 atom stereocenters. The maximum atomic E-state index is 11.0. The largest absolute Gasteiger partial charge is 0.448 e. The molecular formula is C7H10N2O3. The van der Waals surface area contributed by atoms with Crippen LogP contribution in [-0.4, -0.2) is 22.5 Å². The van der Waals surface area contributed by atoms with Crippen molar-refractivity contribution < 1.29 is 9.53 Å². The molecule has 0 aromatic carbocycles. The van der Waals surface area contributed by atoms with Gasteiger partial charge in [0.25, 0.3) is 5.56 Å². The summed E-state index contributed by atoms with van der Waals surface area (Å²) in [7, 11) is 0. The molecule has 1 rings (SSSR count). The number of hydrogen-bond donors (Lipinski definition) is 1. The SMILES string of the molecule is CCOC(=O)n1[nH]c(C)cc1=O. The minimum atomic E-state index is -0.671. The Morgan fingerprint density at radius 3 is 2.83 bits per heavy atom. The van der Waals surface area contributed by atoms with Gasteiger partial charge >= 0.3 is 6.09 Å². The summed E-state index contributed by atoms with van der Waals surface area (Å²) < 4.78 is 5.45. The van der Waals surface area contributed by atoms with E-state index in [2.05, 4.69) is 9.84 Å². The highest BCUT2D eigenvalue weighted by molar-refractivity contribution is 5.69. The average molecular weight is 170 g/mol. The summed E-state index contributed by atoms with van der Waals surface area (Å²) in [6.07, 6.45) is -0.671. The standard InChI is InChI=1S/C7H10N2O3/c1-3-12-7(11)9-6(10)4-5(2)8-9/h4,8H,3H2,1-2H3. The molecule has 0 aliphatic heterocycles. The molecule has 5 heteroatoms. The zero-order valence-corrected chi connectivity index (χ0v) is 6.96. The van der Waals surface area contributed by atoms with Crippen molar-refractivity contribution in [2.75, 3.05) is 6.61 Å². The van der Waals surface area contributed by atoms with Crippen LogP contribution in [0.4, 0.5) is 4.79 Å². The van der Waals surface area contributed by atoms with Crippen LogP contribution in [0.2, 0.25) is 0 Å². The molecule has 0 bridgehead atoms. The second kappa shape index (κ2) is 3.25. The Hall–Kier alpha value is -1.52. The Kier molecular flexibility index (Phi) is 2.32. The molecule has 1 aromatic heterocycles. The fraction of sp³-hybridized carbons (Fsp3) is 0.429. The molecule has 0 saturated heterocycles. The van der Waals surface area contributed by atoms with E-state index in [1.54, 1.807) is 13.8 Å². The van der Waals surface area contributed by atoms with E-state index >= 15 is 0 Å². The summed E-state index contributed by atoms with van der Waals surface area (Å²) in [5.41, 5.74) is 0.235. The summed E-state index contributed by atoms with van der Waals surface area (Å²) in [6, 6.07) is 1.33. The molecule has 1 N–H and O–H groups in total. The highest BCUT2D eigenvalue weighted by atomic mass is 16.6. The number of aryl methyl sites for hydroxylation is 1. The molecule has 0 aliphatic carbocycles. The Labute approximate surface area is 68.9 Å². The van der Waals surface area contributed by atoms with Gasteiger partial charge in [0, 0.05) is 11.8 Å². The Bertz CT molecular complexity index is 337. The van der Waals surface area contributed by atoms with Gasteiger partial charge in [-0.05, 0) is 13.8 Å². The molecule has 1 aromatic rings. The van der Waals surface area contributed by atoms with Crippen LogP contribution in [-0.2, 0) is 4.74 Å². The smallest absolute Gasteiger partial charge is 0.436 e. The molecule has 0 fully saturated rings. The maximum Gasteiger partial charge on any atom is 0.436 e. The average Bonchev–Trinajstić information content (AvgIpc) is 2.30. The van der Waals surface area contributed by atoms with Crippen molar-refractivity contribution in [3.8, 4) is 0 Å². The first-order valence-electron chi connectivity index (χ1n) is 3.61. The number of nitrogens with zero attached hydrogens (tertiary/aromatic N) is 1. The highest BCUT2D eigenvalue weighted by Crippen LogP contribution is 1.87. The van der Waals surface area contributed by atoms with Gasteiger partial charge in [-0.15, -0.1) is 0 Å². The maximum absolute atomic E-state index is 11.0. The van der Waals surface area contributed by atoms with E-state index in [0.29, 0.717) is 5.69 Å². The third kappa shape index (κ3) is 1.55. The van der Waals surface area contributed by atoms with Gasteiger partial charge in [0.1, 0.15) is 0 Å². The molecule has 0 spiro atoms. The van der Waals surface area contributed by atoms with Crippen molar-refractivity contribution in [1.82, 2.24) is 9.78 Å². The number of aromatic nitrogens is 2. The molecule has 0 radical (unpaired) electrons. The monoisotopic (exact) mass is 170 g/mol. The van der Waals surface area contributed by atoms with Crippen LogP contribution >= 0.6 is 0 Å². The molecule has 66 valence electrons. The van der Waals surface area contributed by atoms with Crippen LogP contribution in [0.1, 0.15) is 12.6 Å². The lowest BCUT2D eigenvalue weighted by molar-refractivity contribution is 0.149. The first-order chi connectivity index (χ1) is 5.65. The molecule has 0 aliphatic rings. The number of H-pyrrole nitrogens is 1. The van der Waals surface area contributed by atoms with Gasteiger partial charge in [-0.3, -0.25) is 9.89 Å². The number of nitrogens with one attached hydrogen (secondary N) is 1. The van der Waals surface area contributed by atoms with Gasteiger partial charge < -0.3 is 4.74 Å². The van der Waals surface area contributed by atoms with Crippen LogP contribution in [0.3, 0.4) is 0 Å². The molecule has 0 unspecified atom stereocenters. The van der Waals surface area contributed by atoms with Gasteiger partial charge in [-0.1, -0.05) is 0 Å². The summed E-state index contributed by atoms with van der Waals surface area (Å²) in [5.74, 6) is 0. The lowest BCUT2D eigenvalue weighted by Crippen LogP contribution is -2.25. The van der Waals surface area contributed by atoms with E-state index < -0.39 is 11.7 Å². The molecule has 0 amide bonds. The molecular weight excluding hydrogens is 160 g/mol. The zero-order chi connectivity index (χ0) is 9.14. The molecule has 12 heavy (non-hydrogen) atoms. The summed E-state index contributed by atoms with van der Waals surface area (Å²) in [5, 5.41) is 2.56. The van der Waals surface area contributed by atoms with E-state index in [-0.39, 0.29) is 6.61 Å². The summed E-state index contributed by atoms with van der Waals surface area (Å²) in [4.78, 5) is 22.0. The van der Waals surface area contributed by atoms with Crippen molar-refractivity contribution in [3.05, 3.63) is 22.1 Å². The normalized spacial score (nSPS) is 9.83. The van der Waals surface area contributed by atoms with Gasteiger partial charge in [0.05, 0.1) is 6.61 Å². The van der Waals surface area contributed by atoms with Crippen molar-refractivity contribution in [2.24, 2.45) is 0 Å². The van der Waals surface area contributed by atoms with Gasteiger partial charge in [-0.25, -0.2) is 4.79 Å². The first kappa shape index (κ1) is 8.58. The van der Waals surface area contributed by atoms with Crippen LogP contribution < -0.4 is 5.56 Å². The third-order valence-electron chi connectivity index (χ3n) is 1.30. The van der Waals surface area contributed by atoms with Gasteiger partial charge in [0.15, 0.2) is 0 Å². The first-order valence-corrected chi connectivity index (χ1v) is 3.61. The van der Waals surface area contributed by atoms with Gasteiger partial charge in [0.2, 0.25) is 0 Å². The lowest BCUT2D eigenvalue weighted by atomic mass is 10.5. The minimum Gasteiger partial charge on any atom is -0.448 e. The van der Waals surface area contributed by atoms with Crippen molar-refractivity contribution in [3.63, 3.8) is 0 Å². The summed E-state index contributed by atoms with van der Waals surface area (Å²) >= 11 is 0. The van der Waals surface area contributed by atoms with Crippen LogP contribution in [0.15, 0.2) is 10.9 Å². The lowest BCUT2D eigenvalue weighted by Gasteiger charge is -1.99. The second-order valence-electron chi connectivity index (χ2n) is 2.31. The second-order valence-corrected chi connectivity index (χ2v) is 2.31. The highest BCUT2D eigenvalue weighted by Gasteiger charge is 2.08. The molecule has 5 nitrogen and oxygen atoms in total. The number of hydrogen-bond acceptors (Lipinski definition) is 3. The van der Waals surface area contributed by atoms with E-state index in [9.17, 15) is 9.59 Å². The van der Waals surface area contributed by atoms with E-state index in [0.717, 1.165) is 4.68 Å². The van der Waals surface area contributed by atoms with E-state index in [1.807, 2.05) is 0 Å². The quantitative estimate of drug-likeness (QED) is 0.667. The Balaban J connectivity index is 2.95. The fourth-order valence-electron chi connectivity index (χ4n) is 0.837. The van der Waals surface area contributed by atoms with Crippen molar-refractivity contribution in [1.29, 1.82) is 0 Å². The predicted octanol–water partition coefficient (Wildman–Crippen LogP) is 0.489. The predicted molar refractivity (Wildman–Crippen MR) is 42.2 cm³/mol. The number of rotatable bonds is 1. The Morgan fingerprint density at radius 1 is 1.75 bits per heavy atom. The van der Waals surface area contributed by atoms with Gasteiger partial charge in [-0.2, -0.15) is 4.68 Å². The Morgan fingerprint density at radius 2 is 2.42 bits per heavy atom. The van der Waals surface area contributed by atoms with Crippen molar-refractivity contribution in [2.45, 2.75) is 13.8 Å². The van der Waals surface area contributed by atoms with Crippen molar-refractivity contribution >= 4 is 6.09 Å². The number of carbonyl (C=O) groups excluding carboxylic acids is 1.